The Morgan fingerprint density at radius 1 is 1.32 bits per heavy atom. The summed E-state index contributed by atoms with van der Waals surface area (Å²) in [5.41, 5.74) is 0.974. The number of carbonyl (C=O) groups is 1. The Labute approximate surface area is 148 Å². The van der Waals surface area contributed by atoms with E-state index in [-0.39, 0.29) is 18.3 Å². The molecule has 0 radical (unpaired) electrons. The Morgan fingerprint density at radius 2 is 2.04 bits per heavy atom. The summed E-state index contributed by atoms with van der Waals surface area (Å²) in [6.07, 6.45) is 1.03. The third kappa shape index (κ3) is 6.34. The fourth-order valence-electron chi connectivity index (χ4n) is 2.51. The van der Waals surface area contributed by atoms with E-state index >= 15 is 0 Å². The standard InChI is InChI=1S/C18H27FN4O2/c1-22(2)17(24)11-21-18(20-10-15-8-9-25-13-15)23(3)12-14-4-6-16(19)7-5-14/h4-7,15H,8-13H2,1-3H3,(H,20,21). The van der Waals surface area contributed by atoms with Crippen LogP contribution in [0, 0.1) is 11.7 Å². The highest BCUT2D eigenvalue weighted by molar-refractivity contribution is 5.84. The first-order chi connectivity index (χ1) is 12.0. The van der Waals surface area contributed by atoms with E-state index in [9.17, 15) is 9.18 Å². The lowest BCUT2D eigenvalue weighted by Crippen LogP contribution is -2.41. The van der Waals surface area contributed by atoms with Crippen molar-refractivity contribution in [1.29, 1.82) is 0 Å². The van der Waals surface area contributed by atoms with E-state index in [4.69, 9.17) is 4.74 Å². The van der Waals surface area contributed by atoms with Gasteiger partial charge >= 0.3 is 0 Å². The van der Waals surface area contributed by atoms with Crippen LogP contribution in [0.4, 0.5) is 4.39 Å². The number of likely N-dealkylation sites (N-methyl/N-ethyl adjacent to an activating group) is 1. The van der Waals surface area contributed by atoms with E-state index in [0.717, 1.165) is 31.7 Å². The monoisotopic (exact) mass is 350 g/mol. The number of nitrogens with zero attached hydrogens (tertiary/aromatic N) is 3. The summed E-state index contributed by atoms with van der Waals surface area (Å²) in [4.78, 5) is 19.7. The zero-order chi connectivity index (χ0) is 18.2. The van der Waals surface area contributed by atoms with Gasteiger partial charge in [-0.15, -0.1) is 0 Å². The maximum Gasteiger partial charge on any atom is 0.243 e. The van der Waals surface area contributed by atoms with Gasteiger partial charge in [0.1, 0.15) is 12.4 Å². The second kappa shape index (κ2) is 9.36. The minimum absolute atomic E-state index is 0.0568. The molecule has 0 aliphatic carbocycles. The Balaban J connectivity index is 2.00. The van der Waals surface area contributed by atoms with Crippen molar-refractivity contribution in [3.63, 3.8) is 0 Å². The van der Waals surface area contributed by atoms with Crippen LogP contribution in [0.15, 0.2) is 29.3 Å². The molecule has 2 rings (SSSR count). The highest BCUT2D eigenvalue weighted by Crippen LogP contribution is 2.11. The average Bonchev–Trinajstić information content (AvgIpc) is 3.10. The Kier molecular flexibility index (Phi) is 7.18. The topological polar surface area (TPSA) is 57.2 Å². The molecular formula is C18H27FN4O2. The fraction of sp³-hybridized carbons (Fsp3) is 0.556. The normalized spacial score (nSPS) is 17.4. The van der Waals surface area contributed by atoms with Crippen molar-refractivity contribution >= 4 is 11.9 Å². The summed E-state index contributed by atoms with van der Waals surface area (Å²) in [6.45, 7) is 2.96. The Hall–Kier alpha value is -2.15. The molecule has 138 valence electrons. The predicted octanol–water partition coefficient (Wildman–Crippen LogP) is 1.33. The number of benzene rings is 1. The van der Waals surface area contributed by atoms with Crippen molar-refractivity contribution in [3.8, 4) is 0 Å². The number of guanidine groups is 1. The zero-order valence-electron chi connectivity index (χ0n) is 15.2. The third-order valence-electron chi connectivity index (χ3n) is 4.13. The molecule has 1 aliphatic rings. The molecular weight excluding hydrogens is 323 g/mol. The number of aliphatic imine (C=N–C) groups is 1. The molecule has 7 heteroatoms. The number of hydrogen-bond donors (Lipinski definition) is 1. The van der Waals surface area contributed by atoms with Crippen LogP contribution < -0.4 is 5.32 Å². The minimum Gasteiger partial charge on any atom is -0.381 e. The van der Waals surface area contributed by atoms with Gasteiger partial charge < -0.3 is 19.9 Å². The summed E-state index contributed by atoms with van der Waals surface area (Å²) in [5.74, 6) is 0.801. The maximum atomic E-state index is 13.1. The third-order valence-corrected chi connectivity index (χ3v) is 4.13. The second-order valence-electron chi connectivity index (χ2n) is 6.52. The number of rotatable bonds is 6. The average molecular weight is 350 g/mol. The summed E-state index contributed by atoms with van der Waals surface area (Å²) >= 11 is 0. The smallest absolute Gasteiger partial charge is 0.243 e. The van der Waals surface area contributed by atoms with Crippen LogP contribution in [-0.4, -0.2) is 69.1 Å². The fourth-order valence-corrected chi connectivity index (χ4v) is 2.51. The van der Waals surface area contributed by atoms with Gasteiger partial charge in [-0.25, -0.2) is 9.38 Å². The van der Waals surface area contributed by atoms with E-state index in [1.165, 1.54) is 17.0 Å². The van der Waals surface area contributed by atoms with Gasteiger partial charge in [0.05, 0.1) is 6.61 Å². The molecule has 1 unspecified atom stereocenters. The number of amides is 1. The minimum atomic E-state index is -0.253. The molecule has 1 aliphatic heterocycles. The van der Waals surface area contributed by atoms with Gasteiger partial charge in [0.25, 0.3) is 0 Å². The highest BCUT2D eigenvalue weighted by atomic mass is 19.1. The molecule has 6 nitrogen and oxygen atoms in total. The van der Waals surface area contributed by atoms with E-state index in [0.29, 0.717) is 18.4 Å². The lowest BCUT2D eigenvalue weighted by atomic mass is 10.1. The zero-order valence-corrected chi connectivity index (χ0v) is 15.2. The summed E-state index contributed by atoms with van der Waals surface area (Å²) in [5, 5.41) is 3.34. The predicted molar refractivity (Wildman–Crippen MR) is 95.8 cm³/mol. The molecule has 1 aromatic carbocycles. The molecule has 1 N–H and O–H groups in total. The van der Waals surface area contributed by atoms with E-state index in [1.807, 2.05) is 11.9 Å². The summed E-state index contributed by atoms with van der Waals surface area (Å²) in [7, 11) is 5.33. The Morgan fingerprint density at radius 3 is 2.64 bits per heavy atom. The number of carbonyl (C=O) groups excluding carboxylic acids is 1. The largest absolute Gasteiger partial charge is 0.381 e. The first kappa shape index (κ1) is 19.2. The van der Waals surface area contributed by atoms with Gasteiger partial charge in [-0.1, -0.05) is 12.1 Å². The molecule has 25 heavy (non-hydrogen) atoms. The van der Waals surface area contributed by atoms with Gasteiger partial charge in [-0.05, 0) is 24.1 Å². The molecule has 1 amide bonds. The van der Waals surface area contributed by atoms with Crippen LogP contribution in [0.2, 0.25) is 0 Å². The van der Waals surface area contributed by atoms with Crippen molar-refractivity contribution < 1.29 is 13.9 Å². The van der Waals surface area contributed by atoms with Gasteiger partial charge in [-0.2, -0.15) is 0 Å². The van der Waals surface area contributed by atoms with E-state index < -0.39 is 0 Å². The van der Waals surface area contributed by atoms with Crippen molar-refractivity contribution in [1.82, 2.24) is 15.1 Å². The first-order valence-electron chi connectivity index (χ1n) is 8.47. The number of halogens is 1. The molecule has 0 aromatic heterocycles. The Bertz CT molecular complexity index is 583. The van der Waals surface area contributed by atoms with Crippen LogP contribution in [0.25, 0.3) is 0 Å². The molecule has 1 saturated heterocycles. The molecule has 0 bridgehead atoms. The van der Waals surface area contributed by atoms with Crippen LogP contribution in [0.3, 0.4) is 0 Å². The summed E-state index contributed by atoms with van der Waals surface area (Å²) in [6, 6.07) is 6.39. The van der Waals surface area contributed by atoms with Gasteiger partial charge in [0.2, 0.25) is 5.91 Å². The van der Waals surface area contributed by atoms with Crippen molar-refractivity contribution in [3.05, 3.63) is 35.6 Å². The van der Waals surface area contributed by atoms with Gasteiger partial charge in [0.15, 0.2) is 5.96 Å². The second-order valence-corrected chi connectivity index (χ2v) is 6.52. The number of nitrogens with one attached hydrogen (secondary N) is 1. The molecule has 0 saturated carbocycles. The quantitative estimate of drug-likeness (QED) is 0.621. The van der Waals surface area contributed by atoms with Crippen LogP contribution in [0.1, 0.15) is 12.0 Å². The van der Waals surface area contributed by atoms with Crippen molar-refractivity contribution in [2.24, 2.45) is 10.9 Å². The molecule has 0 spiro atoms. The van der Waals surface area contributed by atoms with Crippen LogP contribution in [0.5, 0.6) is 0 Å². The van der Waals surface area contributed by atoms with Crippen molar-refractivity contribution in [2.75, 3.05) is 47.4 Å². The summed E-state index contributed by atoms with van der Waals surface area (Å²) < 4.78 is 18.5. The molecule has 1 fully saturated rings. The van der Waals surface area contributed by atoms with E-state index in [1.54, 1.807) is 26.2 Å². The molecule has 1 aromatic rings. The van der Waals surface area contributed by atoms with E-state index in [2.05, 4.69) is 10.3 Å². The SMILES string of the molecule is CN(C)C(=O)CN=C(NCC1CCOC1)N(C)Cc1ccc(F)cc1. The van der Waals surface area contributed by atoms with Crippen molar-refractivity contribution in [2.45, 2.75) is 13.0 Å². The number of ether oxygens (including phenoxy) is 1. The lowest BCUT2D eigenvalue weighted by molar-refractivity contribution is -0.127. The molecule has 1 heterocycles. The van der Waals surface area contributed by atoms with Crippen LogP contribution in [-0.2, 0) is 16.1 Å². The van der Waals surface area contributed by atoms with Gasteiger partial charge in [-0.3, -0.25) is 4.79 Å². The molecule has 1 atom stereocenters. The first-order valence-corrected chi connectivity index (χ1v) is 8.47. The highest BCUT2D eigenvalue weighted by Gasteiger charge is 2.17. The van der Waals surface area contributed by atoms with Gasteiger partial charge in [0, 0.05) is 46.8 Å². The van der Waals surface area contributed by atoms with Crippen LogP contribution >= 0.6 is 0 Å². The lowest BCUT2D eigenvalue weighted by Gasteiger charge is -2.24. The maximum absolute atomic E-state index is 13.1. The number of hydrogen-bond acceptors (Lipinski definition) is 3.